The standard InChI is InChI=1S/C31H43NO3.C2H6/c1-5-8-15-31(16-9-6-2)27-21-23(29(33)30(4,34)7-3)13-14-26(27)25-12-10-11-24(22-28(25)31)32-17-19-35-20-18-32;1-2/h11-14,21-22,34H,5-10,15-20H2,1-4H3;1-2H3. The third-order valence-corrected chi connectivity index (χ3v) is 8.30. The van der Waals surface area contributed by atoms with Crippen molar-refractivity contribution in [3.8, 4) is 0 Å². The minimum Gasteiger partial charge on any atom is -0.382 e. The van der Waals surface area contributed by atoms with Crippen molar-refractivity contribution in [3.63, 3.8) is 0 Å². The maximum atomic E-state index is 13.3. The Balaban J connectivity index is 0.00000186. The molecular weight excluding hydrogens is 458 g/mol. The summed E-state index contributed by atoms with van der Waals surface area (Å²) in [6, 6.07) is 6.20. The molecule has 0 spiro atoms. The van der Waals surface area contributed by atoms with Crippen LogP contribution < -0.4 is 0 Å². The molecule has 37 heavy (non-hydrogen) atoms. The van der Waals surface area contributed by atoms with Gasteiger partial charge in [0.15, 0.2) is 5.78 Å². The number of ether oxygens (including phenoxy) is 1. The molecule has 1 aromatic carbocycles. The van der Waals surface area contributed by atoms with Gasteiger partial charge in [-0.15, -0.1) is 0 Å². The zero-order valence-electron chi connectivity index (χ0n) is 24.2. The van der Waals surface area contributed by atoms with E-state index in [1.807, 2.05) is 26.8 Å². The first kappa shape index (κ1) is 29.4. The summed E-state index contributed by atoms with van der Waals surface area (Å²) in [6.45, 7) is 15.4. The average molecular weight is 508 g/mol. The molecule has 1 fully saturated rings. The Bertz CT molecular complexity index is 1020. The van der Waals surface area contributed by atoms with Gasteiger partial charge in [0.05, 0.1) is 13.2 Å². The summed E-state index contributed by atoms with van der Waals surface area (Å²) in [5.41, 5.74) is 5.84. The Kier molecular flexibility index (Phi) is 10.4. The fraction of sp³-hybridized carbons (Fsp3) is 0.606. The molecule has 1 atom stereocenters. The van der Waals surface area contributed by atoms with Crippen LogP contribution in [0.1, 0.15) is 114 Å². The van der Waals surface area contributed by atoms with Crippen LogP contribution in [0.5, 0.6) is 0 Å². The first-order chi connectivity index (χ1) is 17.9. The number of fused-ring (bicyclic) bond motifs is 3. The number of carbonyl (C=O) groups excluding carboxylic acids is 1. The average Bonchev–Trinajstić information content (AvgIpc) is 3.05. The van der Waals surface area contributed by atoms with Crippen molar-refractivity contribution in [2.75, 3.05) is 26.3 Å². The second-order valence-electron chi connectivity index (χ2n) is 10.6. The van der Waals surface area contributed by atoms with Gasteiger partial charge in [-0.05, 0) is 67.0 Å². The lowest BCUT2D eigenvalue weighted by Gasteiger charge is -2.35. The number of hydrogen-bond donors (Lipinski definition) is 1. The lowest BCUT2D eigenvalue weighted by atomic mass is 9.70. The van der Waals surface area contributed by atoms with E-state index in [1.54, 1.807) is 6.92 Å². The number of nitrogens with zero attached hydrogens (tertiary/aromatic N) is 1. The summed E-state index contributed by atoms with van der Waals surface area (Å²) >= 11 is 0. The van der Waals surface area contributed by atoms with Crippen LogP contribution in [0.25, 0.3) is 5.57 Å². The predicted octanol–water partition coefficient (Wildman–Crippen LogP) is 7.62. The number of rotatable bonds is 10. The Morgan fingerprint density at radius 1 is 1.05 bits per heavy atom. The molecular formula is C33H49NO3. The number of aliphatic hydroxyl groups is 1. The molecule has 0 bridgehead atoms. The van der Waals surface area contributed by atoms with Crippen molar-refractivity contribution in [2.45, 2.75) is 104 Å². The van der Waals surface area contributed by atoms with E-state index in [-0.39, 0.29) is 11.2 Å². The number of unbranched alkanes of at least 4 members (excludes halogenated alkanes) is 2. The van der Waals surface area contributed by atoms with Crippen molar-refractivity contribution in [1.29, 1.82) is 0 Å². The van der Waals surface area contributed by atoms with Crippen molar-refractivity contribution in [3.05, 3.63) is 64.4 Å². The first-order valence-corrected chi connectivity index (χ1v) is 14.8. The van der Waals surface area contributed by atoms with Crippen LogP contribution in [-0.2, 0) is 10.2 Å². The van der Waals surface area contributed by atoms with Gasteiger partial charge in [-0.1, -0.05) is 84.6 Å². The van der Waals surface area contributed by atoms with Gasteiger partial charge in [0, 0.05) is 29.8 Å². The molecule has 1 N–H and O–H groups in total. The van der Waals surface area contributed by atoms with Gasteiger partial charge in [0.2, 0.25) is 0 Å². The van der Waals surface area contributed by atoms with E-state index in [9.17, 15) is 9.90 Å². The maximum Gasteiger partial charge on any atom is 0.194 e. The number of benzene rings is 1. The van der Waals surface area contributed by atoms with Crippen LogP contribution in [0.3, 0.4) is 0 Å². The number of carbonyl (C=O) groups is 1. The SMILES string of the molecule is CC.CCCCC1(CCCC)C2=CC(N3CCOCC3)=CCC=C2c2ccc(C(=O)C(C)(O)CC)cc21. The highest BCUT2D eigenvalue weighted by molar-refractivity contribution is 6.03. The highest BCUT2D eigenvalue weighted by Gasteiger charge is 2.45. The molecule has 1 aliphatic heterocycles. The molecule has 4 nitrogen and oxygen atoms in total. The zero-order valence-corrected chi connectivity index (χ0v) is 24.2. The van der Waals surface area contributed by atoms with Gasteiger partial charge < -0.3 is 14.7 Å². The number of morpholine rings is 1. The van der Waals surface area contributed by atoms with Gasteiger partial charge in [-0.25, -0.2) is 0 Å². The second kappa shape index (κ2) is 13.1. The summed E-state index contributed by atoms with van der Waals surface area (Å²) in [6.07, 6.45) is 15.3. The maximum absolute atomic E-state index is 13.3. The molecule has 0 amide bonds. The number of hydrogen-bond acceptors (Lipinski definition) is 4. The number of ketones is 1. The molecule has 204 valence electrons. The van der Waals surface area contributed by atoms with Crippen LogP contribution >= 0.6 is 0 Å². The second-order valence-corrected chi connectivity index (χ2v) is 10.6. The summed E-state index contributed by atoms with van der Waals surface area (Å²) < 4.78 is 5.62. The summed E-state index contributed by atoms with van der Waals surface area (Å²) in [7, 11) is 0. The third kappa shape index (κ3) is 5.96. The van der Waals surface area contributed by atoms with E-state index in [0.29, 0.717) is 12.0 Å². The molecule has 1 aromatic rings. The molecule has 0 saturated carbocycles. The Hall–Kier alpha value is -2.17. The largest absolute Gasteiger partial charge is 0.382 e. The molecule has 1 unspecified atom stereocenters. The smallest absolute Gasteiger partial charge is 0.194 e. The quantitative estimate of drug-likeness (QED) is 0.331. The van der Waals surface area contributed by atoms with Gasteiger partial charge in [-0.3, -0.25) is 4.79 Å². The first-order valence-electron chi connectivity index (χ1n) is 14.8. The van der Waals surface area contributed by atoms with E-state index in [0.717, 1.165) is 71.2 Å². The molecule has 3 aliphatic rings. The van der Waals surface area contributed by atoms with Crippen molar-refractivity contribution in [1.82, 2.24) is 4.90 Å². The topological polar surface area (TPSA) is 49.8 Å². The highest BCUT2D eigenvalue weighted by Crippen LogP contribution is 2.56. The normalized spacial score (nSPS) is 19.8. The van der Waals surface area contributed by atoms with E-state index >= 15 is 0 Å². The molecule has 0 radical (unpaired) electrons. The highest BCUT2D eigenvalue weighted by atomic mass is 16.5. The molecule has 4 rings (SSSR count). The number of Topliss-reactive ketones (excluding diaryl/α,β-unsaturated/α-hetero) is 1. The molecule has 4 heteroatoms. The van der Waals surface area contributed by atoms with Crippen LogP contribution in [0.2, 0.25) is 0 Å². The van der Waals surface area contributed by atoms with Crippen molar-refractivity contribution >= 4 is 11.4 Å². The van der Waals surface area contributed by atoms with E-state index in [2.05, 4.69) is 49.1 Å². The molecule has 1 heterocycles. The number of allylic oxidation sites excluding steroid dienone is 5. The minimum absolute atomic E-state index is 0.0999. The van der Waals surface area contributed by atoms with E-state index < -0.39 is 5.60 Å². The Morgan fingerprint density at radius 2 is 1.70 bits per heavy atom. The van der Waals surface area contributed by atoms with Gasteiger partial charge in [-0.2, -0.15) is 0 Å². The lowest BCUT2D eigenvalue weighted by Crippen LogP contribution is -2.35. The molecule has 2 aliphatic carbocycles. The Labute approximate surface area is 225 Å². The fourth-order valence-corrected chi connectivity index (χ4v) is 5.94. The van der Waals surface area contributed by atoms with Crippen LogP contribution in [0.15, 0.2) is 47.7 Å². The van der Waals surface area contributed by atoms with Gasteiger partial charge in [0.1, 0.15) is 5.60 Å². The fourth-order valence-electron chi connectivity index (χ4n) is 5.94. The monoisotopic (exact) mass is 507 g/mol. The van der Waals surface area contributed by atoms with Gasteiger partial charge in [0.25, 0.3) is 0 Å². The van der Waals surface area contributed by atoms with Crippen molar-refractivity contribution < 1.29 is 14.6 Å². The van der Waals surface area contributed by atoms with Crippen molar-refractivity contribution in [2.24, 2.45) is 0 Å². The zero-order chi connectivity index (χ0) is 27.1. The van der Waals surface area contributed by atoms with Crippen LogP contribution in [0.4, 0.5) is 0 Å². The van der Waals surface area contributed by atoms with Crippen LogP contribution in [-0.4, -0.2) is 47.7 Å². The third-order valence-electron chi connectivity index (χ3n) is 8.30. The lowest BCUT2D eigenvalue weighted by molar-refractivity contribution is 0.0390. The van der Waals surface area contributed by atoms with Crippen LogP contribution in [0, 0.1) is 0 Å². The van der Waals surface area contributed by atoms with E-state index in [1.165, 1.54) is 28.0 Å². The summed E-state index contributed by atoms with van der Waals surface area (Å²) in [4.78, 5) is 15.7. The molecule has 0 aromatic heterocycles. The Morgan fingerprint density at radius 3 is 2.30 bits per heavy atom. The molecule has 1 saturated heterocycles. The van der Waals surface area contributed by atoms with Gasteiger partial charge >= 0.3 is 0 Å². The minimum atomic E-state index is -1.34. The predicted molar refractivity (Wildman–Crippen MR) is 155 cm³/mol. The van der Waals surface area contributed by atoms with E-state index in [4.69, 9.17) is 4.74 Å². The summed E-state index contributed by atoms with van der Waals surface area (Å²) in [5.74, 6) is -0.174. The summed E-state index contributed by atoms with van der Waals surface area (Å²) in [5, 5.41) is 10.7.